The number of anilines is 1. The van der Waals surface area contributed by atoms with Crippen LogP contribution < -0.4 is 4.72 Å². The lowest BCUT2D eigenvalue weighted by Crippen LogP contribution is -2.22. The Labute approximate surface area is 118 Å². The monoisotopic (exact) mass is 371 g/mol. The van der Waals surface area contributed by atoms with Crippen molar-refractivity contribution in [2.24, 2.45) is 0 Å². The first-order valence-corrected chi connectivity index (χ1v) is 9.22. The standard InChI is InChI=1S/C9H10BrNO6S2/c1-18(14,15)5-19(16,17)11-6-2-3-8(10)7(4-6)9(12)13/h2-4,11H,5H2,1H3,(H,12,13). The number of benzene rings is 1. The number of halogens is 1. The van der Waals surface area contributed by atoms with Crippen molar-refractivity contribution in [2.45, 2.75) is 0 Å². The average Bonchev–Trinajstić information content (AvgIpc) is 2.16. The molecule has 0 aromatic heterocycles. The van der Waals surface area contributed by atoms with E-state index < -0.39 is 30.9 Å². The molecule has 0 amide bonds. The van der Waals surface area contributed by atoms with Crippen LogP contribution in [0.1, 0.15) is 10.4 Å². The average molecular weight is 372 g/mol. The van der Waals surface area contributed by atoms with Gasteiger partial charge in [0.2, 0.25) is 10.0 Å². The second kappa shape index (κ2) is 5.47. The molecule has 0 aliphatic heterocycles. The van der Waals surface area contributed by atoms with Crippen molar-refractivity contribution in [3.8, 4) is 0 Å². The van der Waals surface area contributed by atoms with E-state index in [9.17, 15) is 21.6 Å². The molecule has 7 nitrogen and oxygen atoms in total. The Balaban J connectivity index is 3.07. The molecule has 0 radical (unpaired) electrons. The van der Waals surface area contributed by atoms with Crippen LogP contribution in [0, 0.1) is 0 Å². The summed E-state index contributed by atoms with van der Waals surface area (Å²) in [5.41, 5.74) is -0.163. The number of carboxylic acids is 1. The molecule has 19 heavy (non-hydrogen) atoms. The van der Waals surface area contributed by atoms with Gasteiger partial charge in [-0.1, -0.05) is 0 Å². The summed E-state index contributed by atoms with van der Waals surface area (Å²) in [6, 6.07) is 3.75. The Bertz CT molecular complexity index is 710. The molecule has 0 atom stereocenters. The van der Waals surface area contributed by atoms with Gasteiger partial charge >= 0.3 is 5.97 Å². The van der Waals surface area contributed by atoms with Crippen molar-refractivity contribution < 1.29 is 26.7 Å². The highest BCUT2D eigenvalue weighted by atomic mass is 79.9. The maximum atomic E-state index is 11.5. The molecule has 0 spiro atoms. The molecule has 0 aliphatic rings. The van der Waals surface area contributed by atoms with E-state index in [0.717, 1.165) is 12.3 Å². The first kappa shape index (κ1) is 15.9. The third-order valence-corrected chi connectivity index (χ3v) is 6.03. The Kier molecular flexibility index (Phi) is 4.59. The van der Waals surface area contributed by atoms with E-state index in [1.54, 1.807) is 0 Å². The van der Waals surface area contributed by atoms with Gasteiger partial charge in [-0.2, -0.15) is 0 Å². The number of aromatic carboxylic acids is 1. The topological polar surface area (TPSA) is 118 Å². The van der Waals surface area contributed by atoms with Gasteiger partial charge in [-0.3, -0.25) is 4.72 Å². The number of carboxylic acid groups (broad SMARTS) is 1. The van der Waals surface area contributed by atoms with E-state index >= 15 is 0 Å². The summed E-state index contributed by atoms with van der Waals surface area (Å²) >= 11 is 3.01. The van der Waals surface area contributed by atoms with Gasteiger partial charge < -0.3 is 5.11 Å². The van der Waals surface area contributed by atoms with Crippen LogP contribution in [-0.4, -0.2) is 39.3 Å². The summed E-state index contributed by atoms with van der Waals surface area (Å²) in [5, 5.41) is 7.80. The van der Waals surface area contributed by atoms with Crippen LogP contribution in [-0.2, 0) is 19.9 Å². The predicted molar refractivity (Wildman–Crippen MR) is 73.4 cm³/mol. The van der Waals surface area contributed by atoms with Gasteiger partial charge in [0.05, 0.1) is 5.56 Å². The van der Waals surface area contributed by atoms with E-state index in [2.05, 4.69) is 15.9 Å². The second-order valence-electron chi connectivity index (χ2n) is 3.76. The number of carbonyl (C=O) groups is 1. The number of sulfone groups is 1. The van der Waals surface area contributed by atoms with Crippen molar-refractivity contribution in [2.75, 3.05) is 16.1 Å². The van der Waals surface area contributed by atoms with Crippen molar-refractivity contribution >= 4 is 47.4 Å². The van der Waals surface area contributed by atoms with Gasteiger partial charge in [0.1, 0.15) is 0 Å². The zero-order chi connectivity index (χ0) is 14.8. The van der Waals surface area contributed by atoms with Crippen LogP contribution in [0.25, 0.3) is 0 Å². The smallest absolute Gasteiger partial charge is 0.336 e. The molecule has 0 bridgehead atoms. The fraction of sp³-hybridized carbons (Fsp3) is 0.222. The van der Waals surface area contributed by atoms with E-state index in [0.29, 0.717) is 0 Å². The summed E-state index contributed by atoms with van der Waals surface area (Å²) < 4.78 is 47.2. The molecule has 0 unspecified atom stereocenters. The van der Waals surface area contributed by atoms with Crippen molar-refractivity contribution in [1.82, 2.24) is 0 Å². The van der Waals surface area contributed by atoms with E-state index in [1.807, 2.05) is 4.72 Å². The molecule has 1 aromatic rings. The molecule has 0 heterocycles. The minimum absolute atomic E-state index is 0.0238. The Morgan fingerprint density at radius 1 is 1.32 bits per heavy atom. The van der Waals surface area contributed by atoms with Gasteiger partial charge in [0.15, 0.2) is 14.9 Å². The Morgan fingerprint density at radius 3 is 2.37 bits per heavy atom. The van der Waals surface area contributed by atoms with E-state index in [1.165, 1.54) is 12.1 Å². The van der Waals surface area contributed by atoms with Gasteiger partial charge in [-0.25, -0.2) is 21.6 Å². The highest BCUT2D eigenvalue weighted by Gasteiger charge is 2.19. The maximum Gasteiger partial charge on any atom is 0.336 e. The molecule has 106 valence electrons. The zero-order valence-electron chi connectivity index (χ0n) is 9.62. The van der Waals surface area contributed by atoms with Gasteiger partial charge in [-0.05, 0) is 34.1 Å². The fourth-order valence-electron chi connectivity index (χ4n) is 1.24. The molecule has 0 fully saturated rings. The lowest BCUT2D eigenvalue weighted by Gasteiger charge is -2.08. The lowest BCUT2D eigenvalue weighted by atomic mass is 10.2. The molecule has 1 aromatic carbocycles. The fourth-order valence-corrected chi connectivity index (χ4v) is 4.64. The van der Waals surface area contributed by atoms with Gasteiger partial charge in [0.25, 0.3) is 0 Å². The van der Waals surface area contributed by atoms with Crippen molar-refractivity contribution in [1.29, 1.82) is 0 Å². The molecule has 2 N–H and O–H groups in total. The quantitative estimate of drug-likeness (QED) is 0.793. The largest absolute Gasteiger partial charge is 0.478 e. The first-order valence-electron chi connectivity index (χ1n) is 4.71. The lowest BCUT2D eigenvalue weighted by molar-refractivity contribution is 0.0696. The molecule has 1 rings (SSSR count). The molecule has 0 aliphatic carbocycles. The van der Waals surface area contributed by atoms with Crippen molar-refractivity contribution in [3.05, 3.63) is 28.2 Å². The highest BCUT2D eigenvalue weighted by Crippen LogP contribution is 2.22. The van der Waals surface area contributed by atoms with Crippen LogP contribution in [0.4, 0.5) is 5.69 Å². The van der Waals surface area contributed by atoms with Crippen LogP contribution in [0.2, 0.25) is 0 Å². The number of hydrogen-bond acceptors (Lipinski definition) is 5. The highest BCUT2D eigenvalue weighted by molar-refractivity contribution is 9.10. The predicted octanol–water partition coefficient (Wildman–Crippen LogP) is 0.891. The maximum absolute atomic E-state index is 11.5. The number of nitrogens with one attached hydrogen (secondary N) is 1. The summed E-state index contributed by atoms with van der Waals surface area (Å²) in [4.78, 5) is 10.9. The normalized spacial score (nSPS) is 12.1. The van der Waals surface area contributed by atoms with Gasteiger partial charge in [0, 0.05) is 16.4 Å². The first-order chi connectivity index (χ1) is 8.50. The molecular formula is C9H10BrNO6S2. The van der Waals surface area contributed by atoms with Crippen molar-refractivity contribution in [3.63, 3.8) is 0 Å². The van der Waals surface area contributed by atoms with Crippen LogP contribution in [0.5, 0.6) is 0 Å². The van der Waals surface area contributed by atoms with E-state index in [-0.39, 0.29) is 15.7 Å². The number of sulfonamides is 1. The van der Waals surface area contributed by atoms with Crippen LogP contribution in [0.15, 0.2) is 22.7 Å². The summed E-state index contributed by atoms with van der Waals surface area (Å²) in [5.74, 6) is -1.24. The molecule has 0 saturated carbocycles. The van der Waals surface area contributed by atoms with Crippen LogP contribution in [0.3, 0.4) is 0 Å². The number of rotatable bonds is 5. The second-order valence-corrected chi connectivity index (χ2v) is 8.84. The third-order valence-electron chi connectivity index (χ3n) is 1.84. The van der Waals surface area contributed by atoms with E-state index in [4.69, 9.17) is 5.11 Å². The Morgan fingerprint density at radius 2 is 1.89 bits per heavy atom. The SMILES string of the molecule is CS(=O)(=O)CS(=O)(=O)Nc1ccc(Br)c(C(=O)O)c1. The molecule has 0 saturated heterocycles. The summed E-state index contributed by atoms with van der Waals surface area (Å²) in [7, 11) is -7.81. The third kappa shape index (κ3) is 5.17. The van der Waals surface area contributed by atoms with Gasteiger partial charge in [-0.15, -0.1) is 0 Å². The van der Waals surface area contributed by atoms with Crippen LogP contribution >= 0.6 is 15.9 Å². The molecule has 10 heteroatoms. The molecular weight excluding hydrogens is 362 g/mol. The zero-order valence-corrected chi connectivity index (χ0v) is 12.8. The minimum Gasteiger partial charge on any atom is -0.478 e. The minimum atomic E-state index is -4.09. The summed E-state index contributed by atoms with van der Waals surface area (Å²) in [6.45, 7) is 0. The Hall–Kier alpha value is -1.13. The number of hydrogen-bond donors (Lipinski definition) is 2. The summed E-state index contributed by atoms with van der Waals surface area (Å²) in [6.07, 6.45) is 0.788.